The molecule has 8 rings (SSSR count). The molecule has 4 nitrogen and oxygen atoms in total. The molecule has 0 atom stereocenters. The Kier molecular flexibility index (Phi) is 6.79. The van der Waals surface area contributed by atoms with Gasteiger partial charge in [-0.3, -0.25) is 4.57 Å². The van der Waals surface area contributed by atoms with Crippen molar-refractivity contribution in [3.63, 3.8) is 0 Å². The Morgan fingerprint density at radius 1 is 0.565 bits per heavy atom. The molecule has 0 amide bonds. The van der Waals surface area contributed by atoms with E-state index >= 15 is 0 Å². The summed E-state index contributed by atoms with van der Waals surface area (Å²) in [5.74, 6) is 1.44. The molecule has 3 aromatic heterocycles. The first kappa shape index (κ1) is 28.0. The fourth-order valence-electron chi connectivity index (χ4n) is 6.67. The average Bonchev–Trinajstić information content (AvgIpc) is 3.66. The summed E-state index contributed by atoms with van der Waals surface area (Å²) in [5.41, 5.74) is 12.6. The van der Waals surface area contributed by atoms with E-state index < -0.39 is 0 Å². The van der Waals surface area contributed by atoms with Crippen LogP contribution in [0.3, 0.4) is 0 Å². The van der Waals surface area contributed by atoms with Crippen LogP contribution in [0, 0.1) is 0 Å². The van der Waals surface area contributed by atoms with Gasteiger partial charge in [0.05, 0.1) is 28.0 Å². The molecule has 0 fully saturated rings. The molecule has 0 unspecified atom stereocenters. The lowest BCUT2D eigenvalue weighted by Crippen LogP contribution is -2.09. The number of pyridine rings is 1. The summed E-state index contributed by atoms with van der Waals surface area (Å²) in [5, 5.41) is 2.03. The monoisotopic (exact) mass is 597 g/mol. The maximum atomic E-state index is 6.65. The Balaban J connectivity index is 1.42. The second kappa shape index (κ2) is 11.1. The van der Waals surface area contributed by atoms with Crippen LogP contribution >= 0.6 is 0 Å². The smallest absolute Gasteiger partial charge is 0.227 e. The highest BCUT2D eigenvalue weighted by Crippen LogP contribution is 2.42. The van der Waals surface area contributed by atoms with Crippen molar-refractivity contribution in [3.8, 4) is 39.5 Å². The van der Waals surface area contributed by atoms with Crippen LogP contribution in [-0.2, 0) is 0 Å². The third kappa shape index (κ3) is 4.60. The topological polar surface area (TPSA) is 43.9 Å². The normalized spacial score (nSPS) is 11.9. The van der Waals surface area contributed by atoms with Gasteiger partial charge < -0.3 is 4.42 Å². The summed E-state index contributed by atoms with van der Waals surface area (Å²) in [6, 6.07) is 44.7. The van der Waals surface area contributed by atoms with Gasteiger partial charge in [-0.2, -0.15) is 0 Å². The molecule has 4 heteroatoms. The number of fused-ring (bicyclic) bond motifs is 4. The molecule has 3 heterocycles. The second-order valence-corrected chi connectivity index (χ2v) is 12.6. The van der Waals surface area contributed by atoms with Gasteiger partial charge in [-0.05, 0) is 76.6 Å². The number of furan rings is 1. The Morgan fingerprint density at radius 2 is 1.22 bits per heavy atom. The van der Waals surface area contributed by atoms with Crippen LogP contribution in [0.25, 0.3) is 72.6 Å². The zero-order chi connectivity index (χ0) is 31.4. The number of aromatic nitrogens is 3. The van der Waals surface area contributed by atoms with Crippen molar-refractivity contribution in [1.82, 2.24) is 14.5 Å². The first-order chi connectivity index (χ1) is 22.5. The van der Waals surface area contributed by atoms with Crippen molar-refractivity contribution in [2.45, 2.75) is 39.5 Å². The van der Waals surface area contributed by atoms with Crippen molar-refractivity contribution in [2.75, 3.05) is 0 Å². The standard InChI is InChI=1S/C42H35N3O/c1-26(2)34-24-30(28-14-7-5-8-15-28)25-35(27(3)4)39(34)45-38-21-12-11-20-37(38)43-41(45)33-19-13-18-31-32-22-23-36(29-16-9-6-10-17-29)44-42(32)46-40(31)33/h5-27H,1-4H3. The zero-order valence-corrected chi connectivity index (χ0v) is 26.5. The van der Waals surface area contributed by atoms with E-state index in [9.17, 15) is 0 Å². The van der Waals surface area contributed by atoms with Gasteiger partial charge in [-0.1, -0.05) is 113 Å². The molecular weight excluding hydrogens is 562 g/mol. The summed E-state index contributed by atoms with van der Waals surface area (Å²) in [4.78, 5) is 10.3. The summed E-state index contributed by atoms with van der Waals surface area (Å²) < 4.78 is 9.03. The molecule has 0 bridgehead atoms. The van der Waals surface area contributed by atoms with Crippen molar-refractivity contribution >= 4 is 33.1 Å². The van der Waals surface area contributed by atoms with E-state index in [1.165, 1.54) is 27.9 Å². The molecule has 0 aliphatic heterocycles. The van der Waals surface area contributed by atoms with Gasteiger partial charge in [0.1, 0.15) is 11.4 Å². The van der Waals surface area contributed by atoms with Gasteiger partial charge in [0.15, 0.2) is 0 Å². The van der Waals surface area contributed by atoms with Crippen LogP contribution in [0.2, 0.25) is 0 Å². The van der Waals surface area contributed by atoms with E-state index in [0.717, 1.165) is 50.0 Å². The average molecular weight is 598 g/mol. The molecular formula is C42H35N3O. The van der Waals surface area contributed by atoms with Crippen molar-refractivity contribution < 1.29 is 4.42 Å². The van der Waals surface area contributed by atoms with Crippen LogP contribution < -0.4 is 0 Å². The summed E-state index contributed by atoms with van der Waals surface area (Å²) in [6.07, 6.45) is 0. The van der Waals surface area contributed by atoms with Gasteiger partial charge in [0, 0.05) is 16.3 Å². The van der Waals surface area contributed by atoms with Crippen LogP contribution in [0.1, 0.15) is 50.7 Å². The van der Waals surface area contributed by atoms with E-state index in [2.05, 4.69) is 141 Å². The fraction of sp³-hybridized carbons (Fsp3) is 0.143. The summed E-state index contributed by atoms with van der Waals surface area (Å²) >= 11 is 0. The van der Waals surface area contributed by atoms with Crippen LogP contribution in [0.15, 0.2) is 132 Å². The van der Waals surface area contributed by atoms with Gasteiger partial charge >= 0.3 is 0 Å². The molecule has 8 aromatic rings. The fourth-order valence-corrected chi connectivity index (χ4v) is 6.67. The van der Waals surface area contributed by atoms with Gasteiger partial charge in [0.25, 0.3) is 0 Å². The van der Waals surface area contributed by atoms with Gasteiger partial charge in [0.2, 0.25) is 5.71 Å². The van der Waals surface area contributed by atoms with E-state index in [1.807, 2.05) is 18.2 Å². The lowest BCUT2D eigenvalue weighted by molar-refractivity contribution is 0.655. The molecule has 0 aliphatic rings. The highest BCUT2D eigenvalue weighted by molar-refractivity contribution is 6.09. The number of benzene rings is 5. The Morgan fingerprint density at radius 3 is 1.91 bits per heavy atom. The molecule has 0 spiro atoms. The third-order valence-electron chi connectivity index (χ3n) is 8.98. The second-order valence-electron chi connectivity index (χ2n) is 12.6. The number of hydrogen-bond donors (Lipinski definition) is 0. The lowest BCUT2D eigenvalue weighted by atomic mass is 9.88. The largest absolute Gasteiger partial charge is 0.437 e. The van der Waals surface area contributed by atoms with Crippen LogP contribution in [0.4, 0.5) is 0 Å². The molecule has 0 aliphatic carbocycles. The Labute approximate surface area is 269 Å². The Hall–Kier alpha value is -5.48. The molecule has 0 saturated carbocycles. The molecule has 0 saturated heterocycles. The minimum Gasteiger partial charge on any atom is -0.437 e. The number of imidazole rings is 1. The van der Waals surface area contributed by atoms with Gasteiger partial charge in [-0.15, -0.1) is 0 Å². The molecule has 5 aromatic carbocycles. The molecule has 46 heavy (non-hydrogen) atoms. The van der Waals surface area contributed by atoms with Crippen molar-refractivity contribution in [2.24, 2.45) is 0 Å². The Bertz CT molecular complexity index is 2330. The quantitative estimate of drug-likeness (QED) is 0.191. The SMILES string of the molecule is CC(C)c1cc(-c2ccccc2)cc(C(C)C)c1-n1c(-c2cccc3c2oc2nc(-c4ccccc4)ccc23)nc2ccccc21. The van der Waals surface area contributed by atoms with Crippen molar-refractivity contribution in [1.29, 1.82) is 0 Å². The first-order valence-corrected chi connectivity index (χ1v) is 16.1. The van der Waals surface area contributed by atoms with E-state index in [-0.39, 0.29) is 11.8 Å². The highest BCUT2D eigenvalue weighted by Gasteiger charge is 2.25. The third-order valence-corrected chi connectivity index (χ3v) is 8.98. The molecule has 0 radical (unpaired) electrons. The number of rotatable bonds is 6. The highest BCUT2D eigenvalue weighted by atomic mass is 16.3. The minimum atomic E-state index is 0.285. The predicted octanol–water partition coefficient (Wildman–Crippen LogP) is 11.6. The van der Waals surface area contributed by atoms with E-state index in [4.69, 9.17) is 14.4 Å². The van der Waals surface area contributed by atoms with Crippen molar-refractivity contribution in [3.05, 3.63) is 139 Å². The first-order valence-electron chi connectivity index (χ1n) is 16.1. The summed E-state index contributed by atoms with van der Waals surface area (Å²) in [7, 11) is 0. The van der Waals surface area contributed by atoms with Crippen LogP contribution in [0.5, 0.6) is 0 Å². The summed E-state index contributed by atoms with van der Waals surface area (Å²) in [6.45, 7) is 9.14. The predicted molar refractivity (Wildman–Crippen MR) is 191 cm³/mol. The molecule has 224 valence electrons. The van der Waals surface area contributed by atoms with Crippen LogP contribution in [-0.4, -0.2) is 14.5 Å². The van der Waals surface area contributed by atoms with Gasteiger partial charge in [-0.25, -0.2) is 9.97 Å². The number of nitrogens with zero attached hydrogens (tertiary/aromatic N) is 3. The maximum absolute atomic E-state index is 6.65. The lowest BCUT2D eigenvalue weighted by Gasteiger charge is -2.24. The zero-order valence-electron chi connectivity index (χ0n) is 26.5. The number of hydrogen-bond acceptors (Lipinski definition) is 3. The van der Waals surface area contributed by atoms with E-state index in [1.54, 1.807) is 0 Å². The molecule has 0 N–H and O–H groups in total. The minimum absolute atomic E-state index is 0.285. The number of para-hydroxylation sites is 3. The maximum Gasteiger partial charge on any atom is 0.227 e. The van der Waals surface area contributed by atoms with E-state index in [0.29, 0.717) is 5.71 Å².